The first-order valence-electron chi connectivity index (χ1n) is 8.73. The van der Waals surface area contributed by atoms with E-state index in [0.717, 1.165) is 0 Å². The Morgan fingerprint density at radius 3 is 2.31 bits per heavy atom. The Balaban J connectivity index is 2.14. The van der Waals surface area contributed by atoms with Crippen LogP contribution in [0.5, 0.6) is 5.75 Å². The number of sulfonamides is 1. The predicted molar refractivity (Wildman–Crippen MR) is 113 cm³/mol. The number of nitrogens with two attached hydrogens (primary N) is 1. The maximum absolute atomic E-state index is 13.1. The summed E-state index contributed by atoms with van der Waals surface area (Å²) in [7, 11) is -0.922. The molecular formula is C21H21ClN2O4S. The highest BCUT2D eigenvalue weighted by Crippen LogP contribution is 2.37. The molecule has 2 aromatic carbocycles. The fraction of sp³-hybridized carbons (Fsp3) is 0.190. The molecule has 1 atom stereocenters. The highest BCUT2D eigenvalue weighted by Gasteiger charge is 2.43. The molecule has 152 valence electrons. The van der Waals surface area contributed by atoms with Crippen LogP contribution in [-0.2, 0) is 21.8 Å². The molecular weight excluding hydrogens is 412 g/mol. The summed E-state index contributed by atoms with van der Waals surface area (Å²) in [6.07, 6.45) is 0. The number of hydrogen-bond acceptors (Lipinski definition) is 4. The van der Waals surface area contributed by atoms with Crippen LogP contribution in [0, 0.1) is 0 Å². The van der Waals surface area contributed by atoms with Gasteiger partial charge in [-0.1, -0.05) is 41.9 Å². The molecule has 0 radical (unpaired) electrons. The lowest BCUT2D eigenvalue weighted by Crippen LogP contribution is -2.40. The molecule has 0 aliphatic carbocycles. The van der Waals surface area contributed by atoms with Crippen molar-refractivity contribution < 1.29 is 17.9 Å². The van der Waals surface area contributed by atoms with Gasteiger partial charge in [-0.15, -0.1) is 0 Å². The lowest BCUT2D eigenvalue weighted by Gasteiger charge is -2.29. The lowest BCUT2D eigenvalue weighted by molar-refractivity contribution is 0.103. The molecule has 0 saturated heterocycles. The number of aromatic nitrogens is 1. The molecule has 0 bridgehead atoms. The van der Waals surface area contributed by atoms with Gasteiger partial charge in [0.05, 0.1) is 17.8 Å². The molecule has 0 aliphatic rings. The van der Waals surface area contributed by atoms with E-state index < -0.39 is 14.8 Å². The number of primary sulfonamides is 1. The van der Waals surface area contributed by atoms with E-state index in [4.69, 9.17) is 21.5 Å². The molecule has 0 aliphatic heterocycles. The van der Waals surface area contributed by atoms with Crippen LogP contribution in [0.15, 0.2) is 60.7 Å². The van der Waals surface area contributed by atoms with Crippen molar-refractivity contribution in [3.63, 3.8) is 0 Å². The molecule has 8 heteroatoms. The first-order valence-corrected chi connectivity index (χ1v) is 10.7. The molecule has 0 fully saturated rings. The molecule has 29 heavy (non-hydrogen) atoms. The van der Waals surface area contributed by atoms with Crippen LogP contribution in [-0.4, -0.2) is 25.9 Å². The Labute approximate surface area is 174 Å². The van der Waals surface area contributed by atoms with Crippen LogP contribution in [0.4, 0.5) is 0 Å². The summed E-state index contributed by atoms with van der Waals surface area (Å²) in [4.78, 5) is 13.1. The second kappa shape index (κ2) is 7.67. The van der Waals surface area contributed by atoms with Crippen LogP contribution < -0.4 is 9.88 Å². The van der Waals surface area contributed by atoms with Gasteiger partial charge >= 0.3 is 0 Å². The number of methoxy groups -OCH3 is 1. The minimum absolute atomic E-state index is 0.245. The van der Waals surface area contributed by atoms with Gasteiger partial charge in [-0.3, -0.25) is 4.79 Å². The molecule has 0 saturated carbocycles. The summed E-state index contributed by atoms with van der Waals surface area (Å²) in [6.45, 7) is 1.53. The number of carbonyl (C=O) groups is 1. The third-order valence-electron chi connectivity index (χ3n) is 5.16. The topological polar surface area (TPSA) is 91.4 Å². The number of nitrogens with zero attached hydrogens (tertiary/aromatic N) is 1. The van der Waals surface area contributed by atoms with E-state index in [9.17, 15) is 13.2 Å². The zero-order chi connectivity index (χ0) is 21.4. The predicted octanol–water partition coefficient (Wildman–Crippen LogP) is 3.47. The van der Waals surface area contributed by atoms with Gasteiger partial charge in [0.25, 0.3) is 0 Å². The molecule has 3 aromatic rings. The minimum atomic E-state index is -4.06. The van der Waals surface area contributed by atoms with Crippen LogP contribution in [0.25, 0.3) is 0 Å². The average Bonchev–Trinajstić information content (AvgIpc) is 3.08. The lowest BCUT2D eigenvalue weighted by atomic mass is 9.96. The number of hydrogen-bond donors (Lipinski definition) is 1. The third kappa shape index (κ3) is 3.57. The maximum atomic E-state index is 13.1. The summed E-state index contributed by atoms with van der Waals surface area (Å²) in [5.74, 6) is 0.196. The second-order valence-corrected chi connectivity index (χ2v) is 9.10. The second-order valence-electron chi connectivity index (χ2n) is 6.78. The van der Waals surface area contributed by atoms with E-state index in [2.05, 4.69) is 0 Å². The SMILES string of the molecule is COc1ccc(C(=O)c2ccc(C(C)(c3ccccc3)S(N)(=O)=O)n2C)c(Cl)c1. The normalized spacial score (nSPS) is 13.7. The smallest absolute Gasteiger partial charge is 0.224 e. The third-order valence-corrected chi connectivity index (χ3v) is 7.05. The highest BCUT2D eigenvalue weighted by atomic mass is 35.5. The maximum Gasteiger partial charge on any atom is 0.224 e. The zero-order valence-electron chi connectivity index (χ0n) is 16.2. The molecule has 2 N–H and O–H groups in total. The molecule has 1 heterocycles. The Morgan fingerprint density at radius 2 is 1.76 bits per heavy atom. The highest BCUT2D eigenvalue weighted by molar-refractivity contribution is 7.90. The summed E-state index contributed by atoms with van der Waals surface area (Å²) in [5.41, 5.74) is 1.46. The number of ketones is 1. The van der Waals surface area contributed by atoms with E-state index in [1.54, 1.807) is 72.3 Å². The van der Waals surface area contributed by atoms with Crippen LogP contribution >= 0.6 is 11.6 Å². The van der Waals surface area contributed by atoms with E-state index in [1.165, 1.54) is 14.0 Å². The van der Waals surface area contributed by atoms with Crippen molar-refractivity contribution in [2.75, 3.05) is 7.11 Å². The van der Waals surface area contributed by atoms with Gasteiger partial charge < -0.3 is 9.30 Å². The summed E-state index contributed by atoms with van der Waals surface area (Å²) in [5, 5.41) is 5.88. The Morgan fingerprint density at radius 1 is 1.10 bits per heavy atom. The molecule has 1 unspecified atom stereocenters. The van der Waals surface area contributed by atoms with Gasteiger partial charge in [0.15, 0.2) is 0 Å². The number of halogens is 1. The van der Waals surface area contributed by atoms with Gasteiger partial charge in [-0.2, -0.15) is 0 Å². The quantitative estimate of drug-likeness (QED) is 0.603. The average molecular weight is 433 g/mol. The summed E-state index contributed by atoms with van der Waals surface area (Å²) >= 11 is 6.24. The number of carbonyl (C=O) groups excluding carboxylic acids is 1. The van der Waals surface area contributed by atoms with Crippen molar-refractivity contribution >= 4 is 27.4 Å². The fourth-order valence-electron chi connectivity index (χ4n) is 3.38. The van der Waals surface area contributed by atoms with Gasteiger partial charge in [0, 0.05) is 18.3 Å². The standard InChI is InChI=1S/C21H21ClN2O4S/c1-21(29(23,26)27,14-7-5-4-6-8-14)19-12-11-18(24(19)2)20(25)16-10-9-15(28-3)13-17(16)22/h4-13H,1-3H3,(H2,23,26,27). The van der Waals surface area contributed by atoms with Crippen molar-refractivity contribution in [3.8, 4) is 5.75 Å². The van der Waals surface area contributed by atoms with Crippen molar-refractivity contribution in [3.05, 3.63) is 88.2 Å². The zero-order valence-corrected chi connectivity index (χ0v) is 17.8. The van der Waals surface area contributed by atoms with E-state index in [1.807, 2.05) is 0 Å². The van der Waals surface area contributed by atoms with Crippen LogP contribution in [0.1, 0.15) is 34.2 Å². The number of rotatable bonds is 6. The first kappa shape index (κ1) is 21.1. The van der Waals surface area contributed by atoms with Crippen molar-refractivity contribution in [1.82, 2.24) is 4.57 Å². The monoisotopic (exact) mass is 432 g/mol. The Kier molecular flexibility index (Phi) is 5.58. The minimum Gasteiger partial charge on any atom is -0.497 e. The number of benzene rings is 2. The molecule has 6 nitrogen and oxygen atoms in total. The molecule has 0 amide bonds. The van der Waals surface area contributed by atoms with Gasteiger partial charge in [0.2, 0.25) is 15.8 Å². The first-order chi connectivity index (χ1) is 13.6. The molecule has 0 spiro atoms. The van der Waals surface area contributed by atoms with Crippen molar-refractivity contribution in [1.29, 1.82) is 0 Å². The molecule has 3 rings (SSSR count). The van der Waals surface area contributed by atoms with Crippen molar-refractivity contribution in [2.45, 2.75) is 11.7 Å². The van der Waals surface area contributed by atoms with Crippen LogP contribution in [0.3, 0.4) is 0 Å². The Hall–Kier alpha value is -2.61. The van der Waals surface area contributed by atoms with Gasteiger partial charge in [-0.05, 0) is 42.8 Å². The van der Waals surface area contributed by atoms with E-state index in [0.29, 0.717) is 17.0 Å². The van der Waals surface area contributed by atoms with Gasteiger partial charge in [0.1, 0.15) is 10.5 Å². The number of ether oxygens (including phenoxy) is 1. The van der Waals surface area contributed by atoms with Crippen LogP contribution in [0.2, 0.25) is 5.02 Å². The van der Waals surface area contributed by atoms with Gasteiger partial charge in [-0.25, -0.2) is 13.6 Å². The molecule has 1 aromatic heterocycles. The summed E-state index contributed by atoms with van der Waals surface area (Å²) in [6, 6.07) is 16.6. The largest absolute Gasteiger partial charge is 0.497 e. The van der Waals surface area contributed by atoms with E-state index in [-0.39, 0.29) is 22.1 Å². The van der Waals surface area contributed by atoms with Crippen molar-refractivity contribution in [2.24, 2.45) is 12.2 Å². The van der Waals surface area contributed by atoms with E-state index >= 15 is 0 Å². The Bertz CT molecular complexity index is 1170. The fourth-order valence-corrected chi connectivity index (χ4v) is 4.59. The summed E-state index contributed by atoms with van der Waals surface area (Å²) < 4.78 is 30.4.